The average Bonchev–Trinajstić information content (AvgIpc) is 2.87. The van der Waals surface area contributed by atoms with Crippen LogP contribution in [0.15, 0.2) is 60.7 Å². The van der Waals surface area contributed by atoms with Crippen molar-refractivity contribution in [3.05, 3.63) is 77.6 Å². The minimum Gasteiger partial charge on any atom is -0.480 e. The van der Waals surface area contributed by atoms with E-state index in [0.29, 0.717) is 6.42 Å². The van der Waals surface area contributed by atoms with Crippen LogP contribution in [0.5, 0.6) is 0 Å². The predicted molar refractivity (Wildman–Crippen MR) is 98.9 cm³/mol. The molecule has 0 aliphatic carbocycles. The molecule has 0 radical (unpaired) electrons. The molecule has 2 heterocycles. The number of benzene rings is 2. The number of nitrogens with zero attached hydrogens (tertiary/aromatic N) is 2. The average molecular weight is 330 g/mol. The molecule has 1 N–H and O–H groups in total. The Balaban J connectivity index is 1.82. The normalized spacial score (nSPS) is 11.2. The molecule has 0 saturated carbocycles. The van der Waals surface area contributed by atoms with Crippen molar-refractivity contribution in [3.63, 3.8) is 0 Å². The van der Waals surface area contributed by atoms with Crippen molar-refractivity contribution in [2.24, 2.45) is 0 Å². The van der Waals surface area contributed by atoms with Gasteiger partial charge >= 0.3 is 5.97 Å². The van der Waals surface area contributed by atoms with Crippen LogP contribution in [0.2, 0.25) is 0 Å². The number of carbonyl (C=O) groups is 1. The molecule has 0 spiro atoms. The van der Waals surface area contributed by atoms with Gasteiger partial charge in [0.25, 0.3) is 0 Å². The lowest BCUT2D eigenvalue weighted by atomic mass is 10.0. The number of aliphatic carboxylic acids is 1. The van der Waals surface area contributed by atoms with Crippen molar-refractivity contribution >= 4 is 27.8 Å². The molecule has 0 saturated heterocycles. The van der Waals surface area contributed by atoms with Crippen molar-refractivity contribution in [2.75, 3.05) is 0 Å². The first-order valence-electron chi connectivity index (χ1n) is 8.26. The SMILES string of the molecule is Cc1c(Cc2ccc3ccccc3n2)c2ccccc2n1CC(=O)O. The Bertz CT molecular complexity index is 1100. The predicted octanol–water partition coefficient (Wildman–Crippen LogP) is 4.17. The molecule has 0 aliphatic heterocycles. The van der Waals surface area contributed by atoms with Crippen molar-refractivity contribution in [3.8, 4) is 0 Å². The third-order valence-electron chi connectivity index (χ3n) is 4.67. The van der Waals surface area contributed by atoms with Crippen LogP contribution >= 0.6 is 0 Å². The standard InChI is InChI=1S/C21H18N2O2/c1-14-18(12-16-11-10-15-6-2-4-8-19(15)22-16)17-7-3-5-9-20(17)23(14)13-21(24)25/h2-11H,12-13H2,1H3,(H,24,25). The molecule has 2 aromatic carbocycles. The van der Waals surface area contributed by atoms with E-state index in [1.165, 1.54) is 0 Å². The summed E-state index contributed by atoms with van der Waals surface area (Å²) in [6.07, 6.45) is 0.684. The van der Waals surface area contributed by atoms with Gasteiger partial charge in [-0.05, 0) is 30.7 Å². The Hall–Kier alpha value is -3.14. The highest BCUT2D eigenvalue weighted by atomic mass is 16.4. The summed E-state index contributed by atoms with van der Waals surface area (Å²) in [6.45, 7) is 1.96. The number of fused-ring (bicyclic) bond motifs is 2. The third kappa shape index (κ3) is 2.76. The van der Waals surface area contributed by atoms with Crippen LogP contribution in [0, 0.1) is 6.92 Å². The topological polar surface area (TPSA) is 55.1 Å². The molecule has 0 unspecified atom stereocenters. The summed E-state index contributed by atoms with van der Waals surface area (Å²) in [5.74, 6) is -0.834. The highest BCUT2D eigenvalue weighted by molar-refractivity contribution is 5.87. The van der Waals surface area contributed by atoms with Gasteiger partial charge in [0.15, 0.2) is 0 Å². The van der Waals surface area contributed by atoms with Crippen LogP contribution in [-0.4, -0.2) is 20.6 Å². The fraction of sp³-hybridized carbons (Fsp3) is 0.143. The molecule has 4 nitrogen and oxygen atoms in total. The monoisotopic (exact) mass is 330 g/mol. The number of hydrogen-bond donors (Lipinski definition) is 1. The van der Waals surface area contributed by atoms with Gasteiger partial charge in [0.05, 0.1) is 5.52 Å². The van der Waals surface area contributed by atoms with Crippen LogP contribution in [-0.2, 0) is 17.8 Å². The van der Waals surface area contributed by atoms with Crippen molar-refractivity contribution in [2.45, 2.75) is 19.9 Å². The van der Waals surface area contributed by atoms with Crippen LogP contribution in [0.25, 0.3) is 21.8 Å². The lowest BCUT2D eigenvalue weighted by Crippen LogP contribution is -2.10. The first-order valence-corrected chi connectivity index (χ1v) is 8.26. The van der Waals surface area contributed by atoms with E-state index in [4.69, 9.17) is 4.98 Å². The Labute approximate surface area is 145 Å². The number of aromatic nitrogens is 2. The summed E-state index contributed by atoms with van der Waals surface area (Å²) in [5.41, 5.74) is 5.04. The minimum atomic E-state index is -0.834. The summed E-state index contributed by atoms with van der Waals surface area (Å²) >= 11 is 0. The zero-order valence-electron chi connectivity index (χ0n) is 13.9. The molecular weight excluding hydrogens is 312 g/mol. The van der Waals surface area contributed by atoms with E-state index in [1.54, 1.807) is 0 Å². The van der Waals surface area contributed by atoms with Gasteiger partial charge < -0.3 is 9.67 Å². The Kier molecular flexibility index (Phi) is 3.73. The first kappa shape index (κ1) is 15.4. The lowest BCUT2D eigenvalue weighted by Gasteiger charge is -2.06. The third-order valence-corrected chi connectivity index (χ3v) is 4.67. The van der Waals surface area contributed by atoms with Crippen LogP contribution in [0.3, 0.4) is 0 Å². The number of pyridine rings is 1. The molecule has 4 rings (SSSR count). The maximum atomic E-state index is 11.2. The largest absolute Gasteiger partial charge is 0.480 e. The van der Waals surface area contributed by atoms with Crippen molar-refractivity contribution in [1.82, 2.24) is 9.55 Å². The molecule has 2 aromatic heterocycles. The Morgan fingerprint density at radius 1 is 1.04 bits per heavy atom. The van der Waals surface area contributed by atoms with Gasteiger partial charge in [-0.25, -0.2) is 0 Å². The van der Waals surface area contributed by atoms with Gasteiger partial charge in [-0.3, -0.25) is 9.78 Å². The van der Waals surface area contributed by atoms with Crippen LogP contribution < -0.4 is 0 Å². The maximum Gasteiger partial charge on any atom is 0.323 e. The fourth-order valence-corrected chi connectivity index (χ4v) is 3.45. The van der Waals surface area contributed by atoms with Gasteiger partial charge in [0.1, 0.15) is 6.54 Å². The highest BCUT2D eigenvalue weighted by Crippen LogP contribution is 2.28. The van der Waals surface area contributed by atoms with E-state index < -0.39 is 5.97 Å². The molecule has 0 fully saturated rings. The summed E-state index contributed by atoms with van der Waals surface area (Å²) in [6, 6.07) is 20.2. The quantitative estimate of drug-likeness (QED) is 0.611. The summed E-state index contributed by atoms with van der Waals surface area (Å²) in [7, 11) is 0. The van der Waals surface area contributed by atoms with E-state index in [-0.39, 0.29) is 6.54 Å². The fourth-order valence-electron chi connectivity index (χ4n) is 3.45. The smallest absolute Gasteiger partial charge is 0.323 e. The van der Waals surface area contributed by atoms with Gasteiger partial charge in [-0.15, -0.1) is 0 Å². The molecule has 0 aliphatic rings. The maximum absolute atomic E-state index is 11.2. The second kappa shape index (κ2) is 6.06. The van der Waals surface area contributed by atoms with E-state index >= 15 is 0 Å². The van der Waals surface area contributed by atoms with Crippen molar-refractivity contribution < 1.29 is 9.90 Å². The van der Waals surface area contributed by atoms with Gasteiger partial charge in [0.2, 0.25) is 0 Å². The first-order chi connectivity index (χ1) is 12.1. The number of para-hydroxylation sites is 2. The van der Waals surface area contributed by atoms with E-state index in [0.717, 1.165) is 38.8 Å². The molecule has 0 bridgehead atoms. The molecule has 0 amide bonds. The minimum absolute atomic E-state index is 0.0303. The summed E-state index contributed by atoms with van der Waals surface area (Å²) < 4.78 is 1.87. The van der Waals surface area contributed by atoms with Gasteiger partial charge in [0, 0.05) is 34.1 Å². The summed E-state index contributed by atoms with van der Waals surface area (Å²) in [5, 5.41) is 11.5. The molecule has 25 heavy (non-hydrogen) atoms. The second-order valence-electron chi connectivity index (χ2n) is 6.23. The Morgan fingerprint density at radius 3 is 2.64 bits per heavy atom. The lowest BCUT2D eigenvalue weighted by molar-refractivity contribution is -0.137. The zero-order chi connectivity index (χ0) is 17.4. The molecule has 0 atom stereocenters. The van der Waals surface area contributed by atoms with Crippen molar-refractivity contribution in [1.29, 1.82) is 0 Å². The second-order valence-corrected chi connectivity index (χ2v) is 6.23. The molecular formula is C21H18N2O2. The number of rotatable bonds is 4. The van der Waals surface area contributed by atoms with E-state index in [1.807, 2.05) is 54.0 Å². The van der Waals surface area contributed by atoms with E-state index in [2.05, 4.69) is 18.2 Å². The van der Waals surface area contributed by atoms with Crippen LogP contribution in [0.1, 0.15) is 17.0 Å². The number of carboxylic acid groups (broad SMARTS) is 1. The molecule has 4 aromatic rings. The van der Waals surface area contributed by atoms with E-state index in [9.17, 15) is 9.90 Å². The number of carboxylic acids is 1. The molecule has 4 heteroatoms. The van der Waals surface area contributed by atoms with Gasteiger partial charge in [-0.2, -0.15) is 0 Å². The summed E-state index contributed by atoms with van der Waals surface area (Å²) in [4.78, 5) is 16.0. The number of hydrogen-bond acceptors (Lipinski definition) is 2. The highest BCUT2D eigenvalue weighted by Gasteiger charge is 2.16. The molecule has 124 valence electrons. The van der Waals surface area contributed by atoms with Crippen LogP contribution in [0.4, 0.5) is 0 Å². The van der Waals surface area contributed by atoms with Gasteiger partial charge in [-0.1, -0.05) is 42.5 Å². The zero-order valence-corrected chi connectivity index (χ0v) is 13.9. The Morgan fingerprint density at radius 2 is 1.80 bits per heavy atom.